The van der Waals surface area contributed by atoms with Crippen molar-refractivity contribution >= 4 is 11.6 Å². The van der Waals surface area contributed by atoms with E-state index in [0.717, 1.165) is 49.8 Å². The minimum Gasteiger partial charge on any atom is -0.494 e. The van der Waals surface area contributed by atoms with E-state index in [1.54, 1.807) is 12.1 Å². The zero-order valence-electron chi connectivity index (χ0n) is 25.7. The molecule has 0 saturated heterocycles. The monoisotopic (exact) mass is 610 g/mol. The minimum atomic E-state index is -3.55. The van der Waals surface area contributed by atoms with Gasteiger partial charge in [-0.05, 0) is 67.5 Å². The predicted octanol–water partition coefficient (Wildman–Crippen LogP) is 8.36. The van der Waals surface area contributed by atoms with Crippen molar-refractivity contribution in [3.63, 3.8) is 0 Å². The van der Waals surface area contributed by atoms with Crippen LogP contribution in [0.25, 0.3) is 0 Å². The van der Waals surface area contributed by atoms with E-state index in [1.165, 1.54) is 6.07 Å². The minimum absolute atomic E-state index is 0.118. The Kier molecular flexibility index (Phi) is 14.0. The van der Waals surface area contributed by atoms with Crippen LogP contribution < -0.4 is 4.74 Å². The Balaban J connectivity index is 1.98. The van der Waals surface area contributed by atoms with Gasteiger partial charge < -0.3 is 24.1 Å². The Bertz CT molecular complexity index is 1070. The molecular formula is C34H49ClF2O5. The quantitative estimate of drug-likeness (QED) is 0.172. The Morgan fingerprint density at radius 2 is 1.52 bits per heavy atom. The molecule has 236 valence electrons. The summed E-state index contributed by atoms with van der Waals surface area (Å²) in [4.78, 5) is 0. The summed E-state index contributed by atoms with van der Waals surface area (Å²) in [7, 11) is 0. The summed E-state index contributed by atoms with van der Waals surface area (Å²) in [6.45, 7) is 9.49. The second kappa shape index (κ2) is 16.9. The Morgan fingerprint density at radius 3 is 2.17 bits per heavy atom. The second-order valence-electron chi connectivity index (χ2n) is 11.2. The summed E-state index contributed by atoms with van der Waals surface area (Å²) in [5.74, 6) is -4.18. The molecule has 3 rings (SSSR count). The number of halogens is 3. The first-order valence-corrected chi connectivity index (χ1v) is 16.0. The van der Waals surface area contributed by atoms with Gasteiger partial charge in [0.1, 0.15) is 5.75 Å². The van der Waals surface area contributed by atoms with Crippen molar-refractivity contribution in [1.29, 1.82) is 0 Å². The number of rotatable bonds is 18. The van der Waals surface area contributed by atoms with Gasteiger partial charge in [-0.25, -0.2) is 8.78 Å². The SMILES string of the molecule is CCCCOC[C@@H]1[C@@H](OCCCC)[C@H](OCCCC)C[C@](O)(c2ccc(Cl)c(Cc3ccc(OCC)cc3)c2)C1(F)F. The molecule has 0 aromatic heterocycles. The third-order valence-corrected chi connectivity index (χ3v) is 8.38. The van der Waals surface area contributed by atoms with Gasteiger partial charge in [0.25, 0.3) is 5.92 Å². The molecule has 0 unspecified atom stereocenters. The van der Waals surface area contributed by atoms with Crippen LogP contribution in [0.4, 0.5) is 8.78 Å². The Labute approximate surface area is 255 Å². The van der Waals surface area contributed by atoms with Gasteiger partial charge in [-0.2, -0.15) is 0 Å². The van der Waals surface area contributed by atoms with E-state index in [4.69, 9.17) is 30.5 Å². The van der Waals surface area contributed by atoms with Crippen LogP contribution in [0.5, 0.6) is 5.75 Å². The zero-order chi connectivity index (χ0) is 30.6. The largest absolute Gasteiger partial charge is 0.494 e. The molecule has 0 radical (unpaired) electrons. The molecular weight excluding hydrogens is 562 g/mol. The summed E-state index contributed by atoms with van der Waals surface area (Å²) >= 11 is 6.56. The summed E-state index contributed by atoms with van der Waals surface area (Å²) in [6, 6.07) is 12.3. The van der Waals surface area contributed by atoms with Crippen LogP contribution in [0.1, 0.15) is 89.3 Å². The van der Waals surface area contributed by atoms with Crippen molar-refractivity contribution in [2.24, 2.45) is 5.92 Å². The molecule has 1 N–H and O–H groups in total. The first kappa shape index (κ1) is 34.7. The van der Waals surface area contributed by atoms with E-state index in [-0.39, 0.29) is 18.6 Å². The molecule has 4 atom stereocenters. The van der Waals surface area contributed by atoms with Crippen LogP contribution in [0, 0.1) is 5.92 Å². The first-order valence-electron chi connectivity index (χ1n) is 15.6. The van der Waals surface area contributed by atoms with Crippen LogP contribution in [-0.4, -0.2) is 56.3 Å². The third-order valence-electron chi connectivity index (χ3n) is 8.01. The lowest BCUT2D eigenvalue weighted by Crippen LogP contribution is -2.64. The topological polar surface area (TPSA) is 57.2 Å². The number of aliphatic hydroxyl groups is 1. The van der Waals surface area contributed by atoms with Gasteiger partial charge in [-0.1, -0.05) is 75.9 Å². The molecule has 1 saturated carbocycles. The number of benzene rings is 2. The van der Waals surface area contributed by atoms with Crippen LogP contribution in [0.2, 0.25) is 5.02 Å². The average molecular weight is 611 g/mol. The second-order valence-corrected chi connectivity index (χ2v) is 11.6. The van der Waals surface area contributed by atoms with Gasteiger partial charge in [0.2, 0.25) is 0 Å². The fraction of sp³-hybridized carbons (Fsp3) is 0.647. The molecule has 2 aromatic rings. The van der Waals surface area contributed by atoms with Crippen molar-refractivity contribution in [2.75, 3.05) is 33.0 Å². The van der Waals surface area contributed by atoms with Crippen molar-refractivity contribution in [2.45, 2.75) is 103 Å². The fourth-order valence-corrected chi connectivity index (χ4v) is 5.64. The number of unbranched alkanes of at least 4 members (excludes halogenated alkanes) is 3. The number of alkyl halides is 2. The lowest BCUT2D eigenvalue weighted by atomic mass is 9.68. The Morgan fingerprint density at radius 1 is 0.881 bits per heavy atom. The van der Waals surface area contributed by atoms with E-state index < -0.39 is 29.6 Å². The standard InChI is InChI=1S/C34H49ClF2O5/c1-5-9-18-39-24-29-32(42-20-11-7-3)31(41-19-10-6-2)23-33(38,34(29,36)37)27-14-17-30(35)26(22-27)21-25-12-15-28(16-13-25)40-8-4/h12-17,22,29,31-32,38H,5-11,18-21,23-24H2,1-4H3/t29-,31-,32-,33+/m1/s1. The van der Waals surface area contributed by atoms with E-state index >= 15 is 8.78 Å². The van der Waals surface area contributed by atoms with Crippen molar-refractivity contribution < 1.29 is 32.8 Å². The number of ether oxygens (including phenoxy) is 4. The molecule has 0 bridgehead atoms. The van der Waals surface area contributed by atoms with Crippen molar-refractivity contribution in [3.8, 4) is 5.75 Å². The summed E-state index contributed by atoms with van der Waals surface area (Å²) in [6.07, 6.45) is 3.50. The highest BCUT2D eigenvalue weighted by Gasteiger charge is 2.66. The lowest BCUT2D eigenvalue weighted by molar-refractivity contribution is -0.302. The van der Waals surface area contributed by atoms with Gasteiger partial charge in [0.15, 0.2) is 5.60 Å². The van der Waals surface area contributed by atoms with E-state index in [1.807, 2.05) is 52.0 Å². The fourth-order valence-electron chi connectivity index (χ4n) is 5.46. The molecule has 8 heteroatoms. The Hall–Kier alpha value is -1.77. The van der Waals surface area contributed by atoms with Gasteiger partial charge in [0.05, 0.1) is 31.3 Å². The molecule has 0 heterocycles. The van der Waals surface area contributed by atoms with Crippen molar-refractivity contribution in [1.82, 2.24) is 0 Å². The van der Waals surface area contributed by atoms with Crippen LogP contribution in [-0.2, 0) is 26.2 Å². The maximum atomic E-state index is 16.7. The lowest BCUT2D eigenvalue weighted by Gasteiger charge is -2.51. The highest BCUT2D eigenvalue weighted by Crippen LogP contribution is 2.53. The first-order chi connectivity index (χ1) is 20.2. The average Bonchev–Trinajstić information content (AvgIpc) is 2.97. The van der Waals surface area contributed by atoms with Gasteiger partial charge in [0, 0.05) is 31.3 Å². The number of hydrogen-bond donors (Lipinski definition) is 1. The molecule has 42 heavy (non-hydrogen) atoms. The van der Waals surface area contributed by atoms with E-state index in [0.29, 0.717) is 43.4 Å². The van der Waals surface area contributed by atoms with Crippen LogP contribution in [0.3, 0.4) is 0 Å². The van der Waals surface area contributed by atoms with Gasteiger partial charge in [-0.3, -0.25) is 0 Å². The molecule has 1 fully saturated rings. The molecule has 0 aliphatic heterocycles. The van der Waals surface area contributed by atoms with Crippen molar-refractivity contribution in [3.05, 3.63) is 64.2 Å². The number of hydrogen-bond acceptors (Lipinski definition) is 5. The molecule has 1 aliphatic carbocycles. The van der Waals surface area contributed by atoms with E-state index in [2.05, 4.69) is 0 Å². The van der Waals surface area contributed by atoms with E-state index in [9.17, 15) is 5.11 Å². The third kappa shape index (κ3) is 8.66. The normalized spacial score (nSPS) is 23.7. The molecule has 0 amide bonds. The van der Waals surface area contributed by atoms with Gasteiger partial charge in [-0.15, -0.1) is 0 Å². The molecule has 1 aliphatic rings. The molecule has 5 nitrogen and oxygen atoms in total. The summed E-state index contributed by atoms with van der Waals surface area (Å²) < 4.78 is 57.0. The predicted molar refractivity (Wildman–Crippen MR) is 164 cm³/mol. The maximum Gasteiger partial charge on any atom is 0.287 e. The molecule has 2 aromatic carbocycles. The highest BCUT2D eigenvalue weighted by atomic mass is 35.5. The highest BCUT2D eigenvalue weighted by molar-refractivity contribution is 6.31. The molecule has 0 spiro atoms. The summed E-state index contributed by atoms with van der Waals surface area (Å²) in [5, 5.41) is 12.5. The van der Waals surface area contributed by atoms with Crippen LogP contribution in [0.15, 0.2) is 42.5 Å². The summed E-state index contributed by atoms with van der Waals surface area (Å²) in [5.41, 5.74) is -0.770. The smallest absolute Gasteiger partial charge is 0.287 e. The van der Waals surface area contributed by atoms with Gasteiger partial charge >= 0.3 is 0 Å². The zero-order valence-corrected chi connectivity index (χ0v) is 26.4. The van der Waals surface area contributed by atoms with Crippen LogP contribution >= 0.6 is 11.6 Å². The maximum absolute atomic E-state index is 16.7.